The number of ether oxygens (including phenoxy) is 1. The van der Waals surface area contributed by atoms with E-state index in [0.29, 0.717) is 11.3 Å². The summed E-state index contributed by atoms with van der Waals surface area (Å²) in [6.07, 6.45) is 5.23. The van der Waals surface area contributed by atoms with Crippen LogP contribution in [0.15, 0.2) is 18.2 Å². The SMILES string of the molecule is COc1ccc(N2CC3CCCCC3C2)c(C(=O)O)c1. The van der Waals surface area contributed by atoms with Crippen molar-refractivity contribution in [1.82, 2.24) is 0 Å². The molecular weight excluding hydrogens is 254 g/mol. The van der Waals surface area contributed by atoms with E-state index in [1.54, 1.807) is 13.2 Å². The van der Waals surface area contributed by atoms with Gasteiger partial charge in [0.05, 0.1) is 18.4 Å². The van der Waals surface area contributed by atoms with Gasteiger partial charge in [0, 0.05) is 13.1 Å². The molecule has 108 valence electrons. The number of rotatable bonds is 3. The number of hydrogen-bond donors (Lipinski definition) is 1. The van der Waals surface area contributed by atoms with Gasteiger partial charge in [0.2, 0.25) is 0 Å². The Morgan fingerprint density at radius 1 is 1.25 bits per heavy atom. The minimum atomic E-state index is -0.881. The third-order valence-electron chi connectivity index (χ3n) is 4.75. The number of carboxylic acids is 1. The number of benzene rings is 1. The number of anilines is 1. The van der Waals surface area contributed by atoms with Crippen LogP contribution in [0.25, 0.3) is 0 Å². The summed E-state index contributed by atoms with van der Waals surface area (Å²) in [6, 6.07) is 5.36. The van der Waals surface area contributed by atoms with Gasteiger partial charge in [0.25, 0.3) is 0 Å². The fourth-order valence-corrected chi connectivity index (χ4v) is 3.69. The number of carbonyl (C=O) groups is 1. The van der Waals surface area contributed by atoms with E-state index in [4.69, 9.17) is 4.74 Å². The van der Waals surface area contributed by atoms with E-state index < -0.39 is 5.97 Å². The van der Waals surface area contributed by atoms with Gasteiger partial charge in [0.15, 0.2) is 0 Å². The summed E-state index contributed by atoms with van der Waals surface area (Å²) >= 11 is 0. The van der Waals surface area contributed by atoms with Gasteiger partial charge in [-0.25, -0.2) is 4.79 Å². The summed E-state index contributed by atoms with van der Waals surface area (Å²) in [6.45, 7) is 1.99. The lowest BCUT2D eigenvalue weighted by Gasteiger charge is -2.22. The van der Waals surface area contributed by atoms with Crippen molar-refractivity contribution in [2.24, 2.45) is 11.8 Å². The standard InChI is InChI=1S/C16H21NO3/c1-20-13-6-7-15(14(8-13)16(18)19)17-9-11-4-2-3-5-12(11)10-17/h6-8,11-12H,2-5,9-10H2,1H3,(H,18,19). The molecular formula is C16H21NO3. The highest BCUT2D eigenvalue weighted by Gasteiger charge is 2.35. The number of nitrogens with zero attached hydrogens (tertiary/aromatic N) is 1. The number of fused-ring (bicyclic) bond motifs is 1. The summed E-state index contributed by atoms with van der Waals surface area (Å²) in [7, 11) is 1.56. The highest BCUT2D eigenvalue weighted by atomic mass is 16.5. The van der Waals surface area contributed by atoms with Gasteiger partial charge in [-0.15, -0.1) is 0 Å². The number of aromatic carboxylic acids is 1. The van der Waals surface area contributed by atoms with Crippen molar-refractivity contribution >= 4 is 11.7 Å². The van der Waals surface area contributed by atoms with Gasteiger partial charge in [-0.3, -0.25) is 0 Å². The van der Waals surface area contributed by atoms with E-state index >= 15 is 0 Å². The summed E-state index contributed by atoms with van der Waals surface area (Å²) in [5.41, 5.74) is 1.19. The van der Waals surface area contributed by atoms with Crippen LogP contribution < -0.4 is 9.64 Å². The van der Waals surface area contributed by atoms with Gasteiger partial charge < -0.3 is 14.7 Å². The second-order valence-electron chi connectivity index (χ2n) is 5.90. The summed E-state index contributed by atoms with van der Waals surface area (Å²) in [5, 5.41) is 9.42. The molecule has 2 atom stereocenters. The second-order valence-corrected chi connectivity index (χ2v) is 5.90. The lowest BCUT2D eigenvalue weighted by Crippen LogP contribution is -2.22. The van der Waals surface area contributed by atoms with Crippen LogP contribution in [0.3, 0.4) is 0 Å². The Labute approximate surface area is 119 Å². The van der Waals surface area contributed by atoms with Crippen LogP contribution in [-0.2, 0) is 0 Å². The quantitative estimate of drug-likeness (QED) is 0.921. The molecule has 0 bridgehead atoms. The van der Waals surface area contributed by atoms with Crippen LogP contribution >= 0.6 is 0 Å². The van der Waals surface area contributed by atoms with Crippen LogP contribution in [0.4, 0.5) is 5.69 Å². The van der Waals surface area contributed by atoms with Crippen LogP contribution in [0.1, 0.15) is 36.0 Å². The highest BCUT2D eigenvalue weighted by molar-refractivity contribution is 5.95. The van der Waals surface area contributed by atoms with Gasteiger partial charge in [-0.2, -0.15) is 0 Å². The first kappa shape index (κ1) is 13.3. The zero-order valence-corrected chi connectivity index (χ0v) is 11.8. The first-order chi connectivity index (χ1) is 9.69. The molecule has 1 aliphatic carbocycles. The van der Waals surface area contributed by atoms with Crippen LogP contribution in [-0.4, -0.2) is 31.3 Å². The molecule has 2 fully saturated rings. The molecule has 4 nitrogen and oxygen atoms in total. The fraction of sp³-hybridized carbons (Fsp3) is 0.562. The number of methoxy groups -OCH3 is 1. The Morgan fingerprint density at radius 3 is 2.45 bits per heavy atom. The first-order valence-electron chi connectivity index (χ1n) is 7.35. The lowest BCUT2D eigenvalue weighted by molar-refractivity contribution is 0.0697. The molecule has 1 heterocycles. The average molecular weight is 275 g/mol. The molecule has 1 saturated carbocycles. The van der Waals surface area contributed by atoms with Crippen molar-refractivity contribution < 1.29 is 14.6 Å². The molecule has 20 heavy (non-hydrogen) atoms. The van der Waals surface area contributed by atoms with Gasteiger partial charge in [-0.05, 0) is 42.9 Å². The smallest absolute Gasteiger partial charge is 0.337 e. The van der Waals surface area contributed by atoms with Crippen molar-refractivity contribution in [1.29, 1.82) is 0 Å². The average Bonchev–Trinajstić information content (AvgIpc) is 2.90. The molecule has 0 amide bonds. The highest BCUT2D eigenvalue weighted by Crippen LogP contribution is 2.39. The molecule has 1 N–H and O–H groups in total. The normalized spacial score (nSPS) is 25.4. The maximum Gasteiger partial charge on any atom is 0.337 e. The summed E-state index contributed by atoms with van der Waals surface area (Å²) < 4.78 is 5.14. The summed E-state index contributed by atoms with van der Waals surface area (Å²) in [4.78, 5) is 13.7. The largest absolute Gasteiger partial charge is 0.497 e. The van der Waals surface area contributed by atoms with E-state index in [9.17, 15) is 9.90 Å². The Morgan fingerprint density at radius 2 is 1.90 bits per heavy atom. The van der Waals surface area contributed by atoms with Crippen molar-refractivity contribution in [3.05, 3.63) is 23.8 Å². The third-order valence-corrected chi connectivity index (χ3v) is 4.75. The molecule has 1 aromatic rings. The Balaban J connectivity index is 1.88. The van der Waals surface area contributed by atoms with E-state index in [2.05, 4.69) is 4.90 Å². The maximum absolute atomic E-state index is 11.5. The van der Waals surface area contributed by atoms with E-state index in [-0.39, 0.29) is 0 Å². The molecule has 1 aromatic carbocycles. The predicted molar refractivity (Wildman–Crippen MR) is 77.6 cm³/mol. The van der Waals surface area contributed by atoms with Crippen molar-refractivity contribution in [3.8, 4) is 5.75 Å². The monoisotopic (exact) mass is 275 g/mol. The summed E-state index contributed by atoms with van der Waals surface area (Å²) in [5.74, 6) is 1.21. The minimum absolute atomic E-state index is 0.350. The third kappa shape index (κ3) is 2.35. The Kier molecular flexibility index (Phi) is 3.55. The molecule has 1 saturated heterocycles. The molecule has 4 heteroatoms. The number of hydrogen-bond acceptors (Lipinski definition) is 3. The predicted octanol–water partition coefficient (Wildman–Crippen LogP) is 3.02. The molecule has 1 aliphatic heterocycles. The molecule has 2 unspecified atom stereocenters. The van der Waals surface area contributed by atoms with Crippen molar-refractivity contribution in [2.75, 3.05) is 25.1 Å². The molecule has 0 spiro atoms. The van der Waals surface area contributed by atoms with Crippen molar-refractivity contribution in [2.45, 2.75) is 25.7 Å². The molecule has 0 radical (unpaired) electrons. The topological polar surface area (TPSA) is 49.8 Å². The Hall–Kier alpha value is -1.71. The van der Waals surface area contributed by atoms with Gasteiger partial charge in [0.1, 0.15) is 5.75 Å². The molecule has 3 rings (SSSR count). The lowest BCUT2D eigenvalue weighted by atomic mass is 9.82. The number of carboxylic acid groups (broad SMARTS) is 1. The van der Waals surface area contributed by atoms with E-state index in [0.717, 1.165) is 30.6 Å². The zero-order valence-electron chi connectivity index (χ0n) is 11.8. The van der Waals surface area contributed by atoms with Crippen LogP contribution in [0.5, 0.6) is 5.75 Å². The fourth-order valence-electron chi connectivity index (χ4n) is 3.69. The molecule has 0 aromatic heterocycles. The van der Waals surface area contributed by atoms with Crippen LogP contribution in [0, 0.1) is 11.8 Å². The van der Waals surface area contributed by atoms with Gasteiger partial charge in [-0.1, -0.05) is 12.8 Å². The minimum Gasteiger partial charge on any atom is -0.497 e. The second kappa shape index (κ2) is 5.35. The van der Waals surface area contributed by atoms with Gasteiger partial charge >= 0.3 is 5.97 Å². The first-order valence-corrected chi connectivity index (χ1v) is 7.35. The van der Waals surface area contributed by atoms with E-state index in [1.807, 2.05) is 12.1 Å². The Bertz CT molecular complexity index is 500. The van der Waals surface area contributed by atoms with Crippen molar-refractivity contribution in [3.63, 3.8) is 0 Å². The molecule has 2 aliphatic rings. The van der Waals surface area contributed by atoms with E-state index in [1.165, 1.54) is 25.7 Å². The zero-order chi connectivity index (χ0) is 14.1. The maximum atomic E-state index is 11.5. The van der Waals surface area contributed by atoms with Crippen LogP contribution in [0.2, 0.25) is 0 Å².